The molecule has 2 saturated heterocycles. The average molecular weight is 258 g/mol. The summed E-state index contributed by atoms with van der Waals surface area (Å²) in [4.78, 5) is 12.0. The smallest absolute Gasteiger partial charge is 0.222 e. The third-order valence-electron chi connectivity index (χ3n) is 3.59. The number of aliphatic hydroxyl groups excluding tert-OH is 1. The van der Waals surface area contributed by atoms with Gasteiger partial charge in [-0.3, -0.25) is 4.79 Å². The van der Waals surface area contributed by atoms with E-state index in [1.807, 2.05) is 0 Å². The van der Waals surface area contributed by atoms with Crippen LogP contribution in [0.5, 0.6) is 0 Å². The van der Waals surface area contributed by atoms with E-state index in [9.17, 15) is 9.90 Å². The first-order chi connectivity index (χ1) is 8.74. The summed E-state index contributed by atoms with van der Waals surface area (Å²) in [6.45, 7) is 3.21. The summed E-state index contributed by atoms with van der Waals surface area (Å²) in [5.41, 5.74) is -0.495. The van der Waals surface area contributed by atoms with Gasteiger partial charge in [0, 0.05) is 32.2 Å². The average Bonchev–Trinajstić information content (AvgIpc) is 2.41. The van der Waals surface area contributed by atoms with Gasteiger partial charge in [-0.2, -0.15) is 0 Å². The second-order valence-corrected chi connectivity index (χ2v) is 5.03. The van der Waals surface area contributed by atoms with Gasteiger partial charge in [-0.25, -0.2) is 0 Å². The van der Waals surface area contributed by atoms with Gasteiger partial charge in [0.1, 0.15) is 0 Å². The van der Waals surface area contributed by atoms with Crippen LogP contribution in [0.25, 0.3) is 0 Å². The van der Waals surface area contributed by atoms with E-state index < -0.39 is 5.54 Å². The van der Waals surface area contributed by atoms with Crippen LogP contribution in [-0.2, 0) is 14.3 Å². The van der Waals surface area contributed by atoms with Crippen molar-refractivity contribution in [2.75, 3.05) is 39.6 Å². The third kappa shape index (κ3) is 3.65. The number of hydrogen-bond donors (Lipinski definition) is 3. The first kappa shape index (κ1) is 13.7. The number of rotatable bonds is 4. The van der Waals surface area contributed by atoms with Crippen LogP contribution in [0.15, 0.2) is 0 Å². The van der Waals surface area contributed by atoms with Crippen molar-refractivity contribution < 1.29 is 19.4 Å². The van der Waals surface area contributed by atoms with E-state index in [0.717, 1.165) is 6.54 Å². The molecule has 0 saturated carbocycles. The fourth-order valence-corrected chi connectivity index (χ4v) is 2.41. The molecule has 0 aliphatic carbocycles. The van der Waals surface area contributed by atoms with Crippen molar-refractivity contribution in [3.8, 4) is 0 Å². The SMILES string of the molecule is O=C(CC1COCCN1)NC1(CO)CCOCC1. The van der Waals surface area contributed by atoms with Crippen LogP contribution in [0, 0.1) is 0 Å². The molecule has 0 aromatic heterocycles. The van der Waals surface area contributed by atoms with E-state index in [1.165, 1.54) is 0 Å². The van der Waals surface area contributed by atoms with Crippen LogP contribution in [0.3, 0.4) is 0 Å². The van der Waals surface area contributed by atoms with E-state index in [0.29, 0.717) is 45.7 Å². The minimum atomic E-state index is -0.495. The molecule has 18 heavy (non-hydrogen) atoms. The first-order valence-corrected chi connectivity index (χ1v) is 6.55. The Bertz CT molecular complexity index is 273. The van der Waals surface area contributed by atoms with Gasteiger partial charge in [0.2, 0.25) is 5.91 Å². The van der Waals surface area contributed by atoms with Gasteiger partial charge < -0.3 is 25.2 Å². The van der Waals surface area contributed by atoms with E-state index in [4.69, 9.17) is 9.47 Å². The monoisotopic (exact) mass is 258 g/mol. The number of carbonyl (C=O) groups is 1. The molecule has 2 fully saturated rings. The molecule has 0 radical (unpaired) electrons. The number of ether oxygens (including phenoxy) is 2. The van der Waals surface area contributed by atoms with Gasteiger partial charge in [0.25, 0.3) is 0 Å². The summed E-state index contributed by atoms with van der Waals surface area (Å²) < 4.78 is 10.6. The van der Waals surface area contributed by atoms with Gasteiger partial charge in [0.05, 0.1) is 25.4 Å². The normalized spacial score (nSPS) is 27.7. The number of nitrogens with one attached hydrogen (secondary N) is 2. The highest BCUT2D eigenvalue weighted by molar-refractivity contribution is 5.77. The maximum Gasteiger partial charge on any atom is 0.222 e. The maximum absolute atomic E-state index is 12.0. The lowest BCUT2D eigenvalue weighted by atomic mass is 9.90. The molecular formula is C12H22N2O4. The molecule has 2 aliphatic heterocycles. The molecule has 1 unspecified atom stereocenters. The van der Waals surface area contributed by atoms with Crippen molar-refractivity contribution in [2.45, 2.75) is 30.8 Å². The summed E-state index contributed by atoms with van der Waals surface area (Å²) >= 11 is 0. The fourth-order valence-electron chi connectivity index (χ4n) is 2.41. The minimum absolute atomic E-state index is 0.0311. The van der Waals surface area contributed by atoms with Crippen LogP contribution < -0.4 is 10.6 Å². The van der Waals surface area contributed by atoms with E-state index in [-0.39, 0.29) is 18.6 Å². The maximum atomic E-state index is 12.0. The van der Waals surface area contributed by atoms with Crippen LogP contribution in [0.2, 0.25) is 0 Å². The van der Waals surface area contributed by atoms with E-state index >= 15 is 0 Å². The summed E-state index contributed by atoms with van der Waals surface area (Å²) in [7, 11) is 0. The highest BCUT2D eigenvalue weighted by atomic mass is 16.5. The van der Waals surface area contributed by atoms with Gasteiger partial charge in [0.15, 0.2) is 0 Å². The van der Waals surface area contributed by atoms with Gasteiger partial charge >= 0.3 is 0 Å². The predicted molar refractivity (Wildman–Crippen MR) is 65.2 cm³/mol. The summed E-state index contributed by atoms with van der Waals surface area (Å²) in [5, 5.41) is 15.7. The molecule has 2 heterocycles. The lowest BCUT2D eigenvalue weighted by Crippen LogP contribution is -2.56. The standard InChI is InChI=1S/C12H22N2O4/c15-9-12(1-4-17-5-2-12)14-11(16)7-10-8-18-6-3-13-10/h10,13,15H,1-9H2,(H,14,16). The summed E-state index contributed by atoms with van der Waals surface area (Å²) in [5.74, 6) is -0.0334. The Morgan fingerprint density at radius 2 is 2.11 bits per heavy atom. The van der Waals surface area contributed by atoms with Crippen molar-refractivity contribution in [3.05, 3.63) is 0 Å². The molecule has 0 bridgehead atoms. The van der Waals surface area contributed by atoms with E-state index in [2.05, 4.69) is 10.6 Å². The van der Waals surface area contributed by atoms with Crippen LogP contribution in [0.1, 0.15) is 19.3 Å². The molecule has 1 amide bonds. The van der Waals surface area contributed by atoms with Crippen LogP contribution in [-0.4, -0.2) is 62.2 Å². The Morgan fingerprint density at radius 1 is 1.33 bits per heavy atom. The second kappa shape index (κ2) is 6.47. The molecule has 6 nitrogen and oxygen atoms in total. The largest absolute Gasteiger partial charge is 0.394 e. The predicted octanol–water partition coefficient (Wildman–Crippen LogP) is -0.977. The van der Waals surface area contributed by atoms with Crippen LogP contribution in [0.4, 0.5) is 0 Å². The molecule has 0 aromatic rings. The van der Waals surface area contributed by atoms with Gasteiger partial charge in [-0.15, -0.1) is 0 Å². The molecule has 0 aromatic carbocycles. The molecule has 2 rings (SSSR count). The van der Waals surface area contributed by atoms with Crippen LogP contribution >= 0.6 is 0 Å². The van der Waals surface area contributed by atoms with Crippen molar-refractivity contribution in [3.63, 3.8) is 0 Å². The Kier molecular flexibility index (Phi) is 4.94. The number of carbonyl (C=O) groups excluding carboxylic acids is 1. The molecule has 1 atom stereocenters. The van der Waals surface area contributed by atoms with Gasteiger partial charge in [-0.1, -0.05) is 0 Å². The summed E-state index contributed by atoms with van der Waals surface area (Å²) in [6, 6.07) is 0.0781. The first-order valence-electron chi connectivity index (χ1n) is 6.55. The van der Waals surface area contributed by atoms with Crippen molar-refractivity contribution in [1.82, 2.24) is 10.6 Å². The molecule has 3 N–H and O–H groups in total. The zero-order valence-electron chi connectivity index (χ0n) is 10.6. The summed E-state index contributed by atoms with van der Waals surface area (Å²) in [6.07, 6.45) is 1.73. The lowest BCUT2D eigenvalue weighted by Gasteiger charge is -2.37. The number of amides is 1. The Hall–Kier alpha value is -0.690. The number of aliphatic hydroxyl groups is 1. The zero-order chi connectivity index (χ0) is 12.8. The number of hydrogen-bond acceptors (Lipinski definition) is 5. The third-order valence-corrected chi connectivity index (χ3v) is 3.59. The Labute approximate surface area is 107 Å². The van der Waals surface area contributed by atoms with Gasteiger partial charge in [-0.05, 0) is 12.8 Å². The molecule has 2 aliphatic rings. The van der Waals surface area contributed by atoms with E-state index in [1.54, 1.807) is 0 Å². The highest BCUT2D eigenvalue weighted by Crippen LogP contribution is 2.20. The van der Waals surface area contributed by atoms with Crippen molar-refractivity contribution >= 4 is 5.91 Å². The molecular weight excluding hydrogens is 236 g/mol. The fraction of sp³-hybridized carbons (Fsp3) is 0.917. The van der Waals surface area contributed by atoms with Crippen molar-refractivity contribution in [2.24, 2.45) is 0 Å². The molecule has 6 heteroatoms. The quantitative estimate of drug-likeness (QED) is 0.604. The zero-order valence-corrected chi connectivity index (χ0v) is 10.6. The topological polar surface area (TPSA) is 79.8 Å². The Morgan fingerprint density at radius 3 is 2.72 bits per heavy atom. The second-order valence-electron chi connectivity index (χ2n) is 5.03. The highest BCUT2D eigenvalue weighted by Gasteiger charge is 2.34. The lowest BCUT2D eigenvalue weighted by molar-refractivity contribution is -0.126. The molecule has 104 valence electrons. The Balaban J connectivity index is 1.81. The van der Waals surface area contributed by atoms with Crippen molar-refractivity contribution in [1.29, 1.82) is 0 Å². The molecule has 0 spiro atoms. The minimum Gasteiger partial charge on any atom is -0.394 e. The number of morpholine rings is 1.